The fourth-order valence-corrected chi connectivity index (χ4v) is 3.15. The van der Waals surface area contributed by atoms with Crippen molar-refractivity contribution in [2.75, 3.05) is 5.32 Å². The SMILES string of the molecule is CC1CC(C)(C)CCC1Nc1cc(C(N)=O)ccc1F. The topological polar surface area (TPSA) is 55.1 Å². The molecule has 0 aliphatic heterocycles. The minimum absolute atomic E-state index is 0.237. The number of amides is 1. The van der Waals surface area contributed by atoms with Crippen LogP contribution in [0.25, 0.3) is 0 Å². The molecule has 1 fully saturated rings. The lowest BCUT2D eigenvalue weighted by atomic mass is 9.70. The van der Waals surface area contributed by atoms with Gasteiger partial charge in [-0.1, -0.05) is 20.8 Å². The van der Waals surface area contributed by atoms with Crippen LogP contribution in [0.3, 0.4) is 0 Å². The van der Waals surface area contributed by atoms with Gasteiger partial charge in [-0.15, -0.1) is 0 Å². The molecule has 0 heterocycles. The molecule has 0 spiro atoms. The van der Waals surface area contributed by atoms with Crippen molar-refractivity contribution in [3.8, 4) is 0 Å². The molecule has 110 valence electrons. The molecule has 4 heteroatoms. The highest BCUT2D eigenvalue weighted by Crippen LogP contribution is 2.39. The Balaban J connectivity index is 2.14. The van der Waals surface area contributed by atoms with Crippen molar-refractivity contribution in [1.29, 1.82) is 0 Å². The lowest BCUT2D eigenvalue weighted by molar-refractivity contribution is 0.100. The lowest BCUT2D eigenvalue weighted by Gasteiger charge is -2.40. The third-order valence-electron chi connectivity index (χ3n) is 4.29. The van der Waals surface area contributed by atoms with E-state index in [-0.39, 0.29) is 11.9 Å². The average molecular weight is 278 g/mol. The Hall–Kier alpha value is -1.58. The zero-order chi connectivity index (χ0) is 14.9. The highest BCUT2D eigenvalue weighted by Gasteiger charge is 2.32. The Morgan fingerprint density at radius 2 is 2.15 bits per heavy atom. The molecular formula is C16H23FN2O. The van der Waals surface area contributed by atoms with Gasteiger partial charge in [0, 0.05) is 11.6 Å². The molecule has 0 aromatic heterocycles. The number of primary amides is 1. The van der Waals surface area contributed by atoms with Gasteiger partial charge < -0.3 is 11.1 Å². The number of rotatable bonds is 3. The summed E-state index contributed by atoms with van der Waals surface area (Å²) in [5.41, 5.74) is 6.30. The van der Waals surface area contributed by atoms with E-state index < -0.39 is 5.91 Å². The number of benzene rings is 1. The maximum Gasteiger partial charge on any atom is 0.248 e. The molecule has 2 unspecified atom stereocenters. The van der Waals surface area contributed by atoms with E-state index in [4.69, 9.17) is 5.73 Å². The monoisotopic (exact) mass is 278 g/mol. The van der Waals surface area contributed by atoms with E-state index >= 15 is 0 Å². The van der Waals surface area contributed by atoms with Crippen molar-refractivity contribution >= 4 is 11.6 Å². The molecule has 0 saturated heterocycles. The van der Waals surface area contributed by atoms with E-state index in [0.29, 0.717) is 22.6 Å². The molecule has 1 aliphatic carbocycles. The normalized spacial score (nSPS) is 25.2. The summed E-state index contributed by atoms with van der Waals surface area (Å²) < 4.78 is 13.9. The molecule has 1 saturated carbocycles. The van der Waals surface area contributed by atoms with Crippen LogP contribution < -0.4 is 11.1 Å². The quantitative estimate of drug-likeness (QED) is 0.888. The van der Waals surface area contributed by atoms with Crippen LogP contribution in [0.2, 0.25) is 0 Å². The fraction of sp³-hybridized carbons (Fsp3) is 0.562. The standard InChI is InChI=1S/C16H23FN2O/c1-10-9-16(2,3)7-6-13(10)19-14-8-11(15(18)20)4-5-12(14)17/h4-5,8,10,13,19H,6-7,9H2,1-3H3,(H2,18,20). The summed E-state index contributed by atoms with van der Waals surface area (Å²) in [7, 11) is 0. The first-order chi connectivity index (χ1) is 9.28. The van der Waals surface area contributed by atoms with Gasteiger partial charge in [0.2, 0.25) is 5.91 Å². The largest absolute Gasteiger partial charge is 0.380 e. The minimum Gasteiger partial charge on any atom is -0.380 e. The number of hydrogen-bond donors (Lipinski definition) is 2. The summed E-state index contributed by atoms with van der Waals surface area (Å²) in [4.78, 5) is 11.2. The molecule has 1 aliphatic rings. The van der Waals surface area contributed by atoms with E-state index in [1.807, 2.05) is 0 Å². The highest BCUT2D eigenvalue weighted by atomic mass is 19.1. The van der Waals surface area contributed by atoms with Gasteiger partial charge in [-0.3, -0.25) is 4.79 Å². The Morgan fingerprint density at radius 3 is 2.75 bits per heavy atom. The van der Waals surface area contributed by atoms with Gasteiger partial charge in [0.1, 0.15) is 5.82 Å². The van der Waals surface area contributed by atoms with Gasteiger partial charge >= 0.3 is 0 Å². The number of anilines is 1. The van der Waals surface area contributed by atoms with Crippen LogP contribution in [0.1, 0.15) is 50.4 Å². The molecule has 20 heavy (non-hydrogen) atoms. The first-order valence-corrected chi connectivity index (χ1v) is 7.14. The van der Waals surface area contributed by atoms with Crippen molar-refractivity contribution in [3.63, 3.8) is 0 Å². The summed E-state index contributed by atoms with van der Waals surface area (Å²) in [5.74, 6) is -0.409. The van der Waals surface area contributed by atoms with Crippen molar-refractivity contribution in [3.05, 3.63) is 29.6 Å². The Morgan fingerprint density at radius 1 is 1.45 bits per heavy atom. The number of nitrogens with one attached hydrogen (secondary N) is 1. The predicted octanol–water partition coefficient (Wildman–Crippen LogP) is 3.55. The van der Waals surface area contributed by atoms with Gasteiger partial charge in [-0.25, -0.2) is 4.39 Å². The van der Waals surface area contributed by atoms with Crippen LogP contribution in [0, 0.1) is 17.2 Å². The highest BCUT2D eigenvalue weighted by molar-refractivity contribution is 5.93. The van der Waals surface area contributed by atoms with Crippen LogP contribution in [0.4, 0.5) is 10.1 Å². The molecule has 2 rings (SSSR count). The van der Waals surface area contributed by atoms with E-state index in [0.717, 1.165) is 19.3 Å². The molecule has 3 nitrogen and oxygen atoms in total. The first-order valence-electron chi connectivity index (χ1n) is 7.14. The van der Waals surface area contributed by atoms with Crippen molar-refractivity contribution < 1.29 is 9.18 Å². The number of carbonyl (C=O) groups is 1. The second-order valence-electron chi connectivity index (χ2n) is 6.69. The maximum atomic E-state index is 13.9. The maximum absolute atomic E-state index is 13.9. The molecule has 1 aromatic carbocycles. The van der Waals surface area contributed by atoms with Crippen molar-refractivity contribution in [1.82, 2.24) is 0 Å². The van der Waals surface area contributed by atoms with E-state index in [2.05, 4.69) is 26.1 Å². The summed E-state index contributed by atoms with van der Waals surface area (Å²) in [6, 6.07) is 4.45. The Bertz CT molecular complexity index is 513. The summed E-state index contributed by atoms with van der Waals surface area (Å²) in [6.07, 6.45) is 3.24. The smallest absolute Gasteiger partial charge is 0.248 e. The van der Waals surface area contributed by atoms with Crippen LogP contribution in [0.5, 0.6) is 0 Å². The average Bonchev–Trinajstić information content (AvgIpc) is 2.34. The van der Waals surface area contributed by atoms with Crippen LogP contribution >= 0.6 is 0 Å². The van der Waals surface area contributed by atoms with Gasteiger partial charge in [0.05, 0.1) is 5.69 Å². The third kappa shape index (κ3) is 3.30. The lowest BCUT2D eigenvalue weighted by Crippen LogP contribution is -2.37. The van der Waals surface area contributed by atoms with Gasteiger partial charge in [0.15, 0.2) is 0 Å². The van der Waals surface area contributed by atoms with Gasteiger partial charge in [0.25, 0.3) is 0 Å². The molecule has 1 amide bonds. The molecular weight excluding hydrogens is 255 g/mol. The predicted molar refractivity (Wildman–Crippen MR) is 79.1 cm³/mol. The summed E-state index contributed by atoms with van der Waals surface area (Å²) >= 11 is 0. The molecule has 1 aromatic rings. The Labute approximate surface area is 119 Å². The first kappa shape index (κ1) is 14.8. The summed E-state index contributed by atoms with van der Waals surface area (Å²) in [5, 5.41) is 3.25. The summed E-state index contributed by atoms with van der Waals surface area (Å²) in [6.45, 7) is 6.73. The number of carbonyl (C=O) groups excluding carboxylic acids is 1. The molecule has 0 bridgehead atoms. The fourth-order valence-electron chi connectivity index (χ4n) is 3.15. The molecule has 3 N–H and O–H groups in total. The second-order valence-corrected chi connectivity index (χ2v) is 6.69. The van der Waals surface area contributed by atoms with Crippen molar-refractivity contribution in [2.24, 2.45) is 17.1 Å². The zero-order valence-electron chi connectivity index (χ0n) is 12.4. The van der Waals surface area contributed by atoms with Crippen LogP contribution in [-0.2, 0) is 0 Å². The number of halogens is 1. The zero-order valence-corrected chi connectivity index (χ0v) is 12.4. The van der Waals surface area contributed by atoms with Crippen LogP contribution in [0.15, 0.2) is 18.2 Å². The number of hydrogen-bond acceptors (Lipinski definition) is 2. The van der Waals surface area contributed by atoms with Gasteiger partial charge in [-0.2, -0.15) is 0 Å². The van der Waals surface area contributed by atoms with Crippen molar-refractivity contribution in [2.45, 2.75) is 46.1 Å². The van der Waals surface area contributed by atoms with Gasteiger partial charge in [-0.05, 0) is 48.8 Å². The van der Waals surface area contributed by atoms with E-state index in [1.165, 1.54) is 18.2 Å². The van der Waals surface area contributed by atoms with E-state index in [9.17, 15) is 9.18 Å². The molecule has 0 radical (unpaired) electrons. The van der Waals surface area contributed by atoms with Crippen LogP contribution in [-0.4, -0.2) is 11.9 Å². The van der Waals surface area contributed by atoms with E-state index in [1.54, 1.807) is 0 Å². The Kier molecular flexibility index (Phi) is 4.02. The third-order valence-corrected chi connectivity index (χ3v) is 4.29. The molecule has 2 atom stereocenters. The second kappa shape index (κ2) is 5.43. The minimum atomic E-state index is -0.536. The number of nitrogens with two attached hydrogens (primary N) is 1.